The Morgan fingerprint density at radius 2 is 2.20 bits per heavy atom. The third-order valence-corrected chi connectivity index (χ3v) is 5.26. The SMILES string of the molecule is [B]c1cccc(C2CC(C(=O)Nc3ccc(F)c(Cl)c3)N(C)SN2)c1. The van der Waals surface area contributed by atoms with Crippen LogP contribution in [0.15, 0.2) is 42.5 Å². The van der Waals surface area contributed by atoms with Crippen molar-refractivity contribution in [2.45, 2.75) is 18.5 Å². The Balaban J connectivity index is 1.73. The molecule has 1 heterocycles. The number of benzene rings is 2. The van der Waals surface area contributed by atoms with Gasteiger partial charge in [-0.3, -0.25) is 4.79 Å². The zero-order valence-electron chi connectivity index (χ0n) is 13.5. The van der Waals surface area contributed by atoms with Crippen LogP contribution in [0, 0.1) is 5.82 Å². The molecule has 2 unspecified atom stereocenters. The molecule has 2 atom stereocenters. The fourth-order valence-corrected chi connectivity index (χ4v) is 3.70. The van der Waals surface area contributed by atoms with Crippen LogP contribution in [-0.2, 0) is 4.79 Å². The third kappa shape index (κ3) is 4.36. The molecular weight excluding hydrogens is 360 g/mol. The average Bonchev–Trinajstić information content (AvgIpc) is 2.58. The van der Waals surface area contributed by atoms with Crippen LogP contribution in [0.4, 0.5) is 10.1 Å². The minimum atomic E-state index is -0.518. The minimum absolute atomic E-state index is 0.00254. The monoisotopic (exact) mass is 375 g/mol. The minimum Gasteiger partial charge on any atom is -0.325 e. The molecule has 2 N–H and O–H groups in total. The molecule has 2 aromatic rings. The maximum atomic E-state index is 13.2. The first kappa shape index (κ1) is 18.3. The van der Waals surface area contributed by atoms with Crippen LogP contribution >= 0.6 is 23.7 Å². The average molecular weight is 376 g/mol. The highest BCUT2D eigenvalue weighted by atomic mass is 35.5. The van der Waals surface area contributed by atoms with Crippen molar-refractivity contribution in [3.63, 3.8) is 0 Å². The number of nitrogens with zero attached hydrogens (tertiary/aromatic N) is 1. The number of hydrogen-bond acceptors (Lipinski definition) is 4. The lowest BCUT2D eigenvalue weighted by Gasteiger charge is -2.35. The number of hydrogen-bond donors (Lipinski definition) is 2. The van der Waals surface area contributed by atoms with Gasteiger partial charge in [-0.05, 0) is 37.2 Å². The van der Waals surface area contributed by atoms with Gasteiger partial charge < -0.3 is 5.32 Å². The normalized spacial score (nSPS) is 21.1. The van der Waals surface area contributed by atoms with E-state index in [2.05, 4.69) is 10.0 Å². The van der Waals surface area contributed by atoms with Crippen molar-refractivity contribution in [3.8, 4) is 0 Å². The van der Waals surface area contributed by atoms with Gasteiger partial charge in [-0.25, -0.2) is 13.4 Å². The number of likely N-dealkylation sites (N-methyl/N-ethyl adjacent to an activating group) is 1. The lowest BCUT2D eigenvalue weighted by Crippen LogP contribution is -2.46. The molecule has 0 aromatic heterocycles. The van der Waals surface area contributed by atoms with Crippen molar-refractivity contribution < 1.29 is 9.18 Å². The van der Waals surface area contributed by atoms with Gasteiger partial charge >= 0.3 is 0 Å². The van der Waals surface area contributed by atoms with Gasteiger partial charge in [0.1, 0.15) is 19.7 Å². The first-order chi connectivity index (χ1) is 11.9. The summed E-state index contributed by atoms with van der Waals surface area (Å²) in [6, 6.07) is 11.4. The summed E-state index contributed by atoms with van der Waals surface area (Å²) in [5.41, 5.74) is 2.18. The van der Waals surface area contributed by atoms with Gasteiger partial charge in [0.2, 0.25) is 5.91 Å². The summed E-state index contributed by atoms with van der Waals surface area (Å²) in [5, 5.41) is 2.77. The molecule has 0 spiro atoms. The molecule has 1 amide bonds. The van der Waals surface area contributed by atoms with E-state index < -0.39 is 5.82 Å². The van der Waals surface area contributed by atoms with Crippen molar-refractivity contribution in [2.24, 2.45) is 0 Å². The fraction of sp³-hybridized carbons (Fsp3) is 0.235. The van der Waals surface area contributed by atoms with Gasteiger partial charge in [0.15, 0.2) is 0 Å². The molecule has 4 nitrogen and oxygen atoms in total. The number of anilines is 1. The third-order valence-electron chi connectivity index (χ3n) is 4.04. The molecule has 128 valence electrons. The predicted molar refractivity (Wildman–Crippen MR) is 102 cm³/mol. The second-order valence-corrected chi connectivity index (χ2v) is 7.25. The Bertz CT molecular complexity index is 794. The Morgan fingerprint density at radius 1 is 1.40 bits per heavy atom. The fourth-order valence-electron chi connectivity index (χ4n) is 2.68. The molecule has 2 radical (unpaired) electrons. The highest BCUT2D eigenvalue weighted by Gasteiger charge is 2.32. The second-order valence-electron chi connectivity index (χ2n) is 5.85. The topological polar surface area (TPSA) is 44.4 Å². The Hall–Kier alpha value is -1.54. The van der Waals surface area contributed by atoms with Gasteiger partial charge in [0.25, 0.3) is 0 Å². The summed E-state index contributed by atoms with van der Waals surface area (Å²) in [6.07, 6.45) is 0.577. The van der Waals surface area contributed by atoms with Crippen LogP contribution < -0.4 is 15.5 Å². The summed E-state index contributed by atoms with van der Waals surface area (Å²) in [6.45, 7) is 0. The smallest absolute Gasteiger partial charge is 0.242 e. The number of rotatable bonds is 3. The number of carbonyl (C=O) groups excluding carboxylic acids is 1. The van der Waals surface area contributed by atoms with Gasteiger partial charge in [0.05, 0.1) is 5.02 Å². The molecule has 1 saturated heterocycles. The van der Waals surface area contributed by atoms with E-state index in [0.29, 0.717) is 17.6 Å². The van der Waals surface area contributed by atoms with E-state index in [1.807, 2.05) is 35.6 Å². The molecule has 3 rings (SSSR count). The highest BCUT2D eigenvalue weighted by Crippen LogP contribution is 2.31. The summed E-state index contributed by atoms with van der Waals surface area (Å²) >= 11 is 7.14. The lowest BCUT2D eigenvalue weighted by molar-refractivity contribution is -0.119. The largest absolute Gasteiger partial charge is 0.325 e. The first-order valence-corrected chi connectivity index (χ1v) is 8.86. The molecule has 1 aliphatic rings. The van der Waals surface area contributed by atoms with Crippen molar-refractivity contribution in [1.29, 1.82) is 0 Å². The second kappa shape index (κ2) is 7.78. The molecule has 0 aliphatic carbocycles. The Labute approximate surface area is 156 Å². The van der Waals surface area contributed by atoms with E-state index in [0.717, 1.165) is 5.56 Å². The van der Waals surface area contributed by atoms with Crippen LogP contribution in [0.1, 0.15) is 18.0 Å². The van der Waals surface area contributed by atoms with Gasteiger partial charge in [-0.2, -0.15) is 0 Å². The van der Waals surface area contributed by atoms with E-state index in [4.69, 9.17) is 19.4 Å². The van der Waals surface area contributed by atoms with E-state index in [-0.39, 0.29) is 23.0 Å². The van der Waals surface area contributed by atoms with Crippen molar-refractivity contribution in [1.82, 2.24) is 9.03 Å². The quantitative estimate of drug-likeness (QED) is 0.640. The number of nitrogens with one attached hydrogen (secondary N) is 2. The number of halogens is 2. The lowest BCUT2D eigenvalue weighted by atomic mass is 9.91. The first-order valence-electron chi connectivity index (χ1n) is 7.70. The van der Waals surface area contributed by atoms with Gasteiger partial charge in [-0.1, -0.05) is 41.3 Å². The molecule has 25 heavy (non-hydrogen) atoms. The van der Waals surface area contributed by atoms with Crippen LogP contribution in [0.25, 0.3) is 0 Å². The van der Waals surface area contributed by atoms with Crippen molar-refractivity contribution in [2.75, 3.05) is 12.4 Å². The molecule has 0 bridgehead atoms. The van der Waals surface area contributed by atoms with Crippen LogP contribution in [0.3, 0.4) is 0 Å². The number of amides is 1. The van der Waals surface area contributed by atoms with Crippen LogP contribution in [-0.4, -0.2) is 31.1 Å². The molecule has 1 aliphatic heterocycles. The summed E-state index contributed by atoms with van der Waals surface area (Å²) < 4.78 is 18.4. The highest BCUT2D eigenvalue weighted by molar-refractivity contribution is 7.95. The summed E-state index contributed by atoms with van der Waals surface area (Å²) in [5.74, 6) is -0.691. The maximum absolute atomic E-state index is 13.2. The molecular formula is C17H16BClFN3OS. The Morgan fingerprint density at radius 3 is 2.92 bits per heavy atom. The summed E-state index contributed by atoms with van der Waals surface area (Å²) in [7, 11) is 7.69. The molecule has 8 heteroatoms. The van der Waals surface area contributed by atoms with Crippen molar-refractivity contribution in [3.05, 3.63) is 58.9 Å². The summed E-state index contributed by atoms with van der Waals surface area (Å²) in [4.78, 5) is 12.7. The van der Waals surface area contributed by atoms with Gasteiger partial charge in [-0.15, -0.1) is 0 Å². The zero-order valence-corrected chi connectivity index (χ0v) is 15.1. The van der Waals surface area contributed by atoms with Gasteiger partial charge in [0, 0.05) is 23.9 Å². The van der Waals surface area contributed by atoms with Crippen molar-refractivity contribution >= 4 is 48.6 Å². The number of carbonyl (C=O) groups is 1. The molecule has 0 saturated carbocycles. The zero-order chi connectivity index (χ0) is 18.0. The van der Waals surface area contributed by atoms with Crippen LogP contribution in [0.2, 0.25) is 5.02 Å². The van der Waals surface area contributed by atoms with E-state index >= 15 is 0 Å². The molecule has 2 aromatic carbocycles. The standard InChI is InChI=1S/C17H16BClFN3OS/c1-23-16(17(24)21-12-5-6-14(20)13(19)8-12)9-15(22-25-23)10-3-2-4-11(18)7-10/h2-8,15-16,22H,9H2,1H3,(H,21,24). The predicted octanol–water partition coefficient (Wildman–Crippen LogP) is 2.81. The Kier molecular flexibility index (Phi) is 5.69. The van der Waals surface area contributed by atoms with E-state index in [1.54, 1.807) is 0 Å². The molecule has 1 fully saturated rings. The van der Waals surface area contributed by atoms with E-state index in [9.17, 15) is 9.18 Å². The maximum Gasteiger partial charge on any atom is 0.242 e. The van der Waals surface area contributed by atoms with Crippen LogP contribution in [0.5, 0.6) is 0 Å². The van der Waals surface area contributed by atoms with E-state index in [1.165, 1.54) is 30.3 Å².